The first-order chi connectivity index (χ1) is 6.60. The highest BCUT2D eigenvalue weighted by molar-refractivity contribution is 5.45. The fourth-order valence-electron chi connectivity index (χ4n) is 1.33. The summed E-state index contributed by atoms with van der Waals surface area (Å²) in [4.78, 5) is 0. The van der Waals surface area contributed by atoms with Gasteiger partial charge in [0, 0.05) is 6.54 Å². The minimum absolute atomic E-state index is 0.174. The number of nitrogens with zero attached hydrogens (tertiary/aromatic N) is 1. The summed E-state index contributed by atoms with van der Waals surface area (Å²) in [6.07, 6.45) is -0.679. The second kappa shape index (κ2) is 4.23. The van der Waals surface area contributed by atoms with Gasteiger partial charge in [0.2, 0.25) is 0 Å². The number of aliphatic hydroxyl groups is 1. The monoisotopic (exact) mass is 190 g/mol. The molecule has 1 unspecified atom stereocenters. The van der Waals surface area contributed by atoms with E-state index < -0.39 is 6.10 Å². The molecule has 0 saturated carbocycles. The van der Waals surface area contributed by atoms with Gasteiger partial charge in [-0.1, -0.05) is 6.07 Å². The van der Waals surface area contributed by atoms with E-state index in [1.165, 1.54) is 0 Å². The molecule has 1 rings (SSSR count). The fourth-order valence-corrected chi connectivity index (χ4v) is 1.33. The van der Waals surface area contributed by atoms with Gasteiger partial charge in [-0.3, -0.25) is 0 Å². The van der Waals surface area contributed by atoms with Crippen molar-refractivity contribution in [2.24, 2.45) is 5.73 Å². The molecular weight excluding hydrogens is 176 g/mol. The molecule has 3 N–H and O–H groups in total. The third kappa shape index (κ3) is 1.92. The first-order valence-corrected chi connectivity index (χ1v) is 4.49. The lowest BCUT2D eigenvalue weighted by atomic mass is 9.98. The minimum Gasteiger partial charge on any atom is -0.387 e. The van der Waals surface area contributed by atoms with E-state index in [1.54, 1.807) is 6.07 Å². The molecule has 0 aliphatic carbocycles. The average molecular weight is 190 g/mol. The first-order valence-electron chi connectivity index (χ1n) is 4.49. The Morgan fingerprint density at radius 2 is 2.14 bits per heavy atom. The van der Waals surface area contributed by atoms with Crippen LogP contribution in [0, 0.1) is 25.2 Å². The van der Waals surface area contributed by atoms with Crippen molar-refractivity contribution >= 4 is 0 Å². The summed E-state index contributed by atoms with van der Waals surface area (Å²) in [7, 11) is 0. The van der Waals surface area contributed by atoms with E-state index in [0.29, 0.717) is 11.1 Å². The van der Waals surface area contributed by atoms with Gasteiger partial charge in [-0.15, -0.1) is 0 Å². The van der Waals surface area contributed by atoms with Crippen LogP contribution >= 0.6 is 0 Å². The highest BCUT2D eigenvalue weighted by atomic mass is 16.3. The second-order valence-corrected chi connectivity index (χ2v) is 3.37. The lowest BCUT2D eigenvalue weighted by molar-refractivity contribution is 0.186. The zero-order valence-electron chi connectivity index (χ0n) is 8.41. The van der Waals surface area contributed by atoms with Crippen LogP contribution in [0.4, 0.5) is 0 Å². The van der Waals surface area contributed by atoms with Crippen molar-refractivity contribution in [2.75, 3.05) is 6.54 Å². The van der Waals surface area contributed by atoms with Crippen molar-refractivity contribution in [1.29, 1.82) is 5.26 Å². The molecule has 1 aromatic rings. The van der Waals surface area contributed by atoms with Gasteiger partial charge in [0.25, 0.3) is 0 Å². The lowest BCUT2D eigenvalue weighted by Gasteiger charge is -2.11. The van der Waals surface area contributed by atoms with Crippen LogP contribution in [-0.2, 0) is 0 Å². The Kier molecular flexibility index (Phi) is 3.23. The molecule has 0 amide bonds. The van der Waals surface area contributed by atoms with Crippen molar-refractivity contribution in [1.82, 2.24) is 0 Å². The molecule has 3 heteroatoms. The summed E-state index contributed by atoms with van der Waals surface area (Å²) < 4.78 is 0. The van der Waals surface area contributed by atoms with E-state index in [2.05, 4.69) is 6.07 Å². The van der Waals surface area contributed by atoms with Crippen LogP contribution in [0.1, 0.15) is 28.4 Å². The zero-order chi connectivity index (χ0) is 10.7. The van der Waals surface area contributed by atoms with E-state index in [9.17, 15) is 5.11 Å². The number of benzene rings is 1. The number of aliphatic hydroxyl groups excluding tert-OH is 1. The number of nitriles is 1. The highest BCUT2D eigenvalue weighted by Crippen LogP contribution is 2.20. The van der Waals surface area contributed by atoms with Crippen LogP contribution in [-0.4, -0.2) is 11.7 Å². The van der Waals surface area contributed by atoms with Gasteiger partial charge in [0.15, 0.2) is 0 Å². The molecule has 0 bridgehead atoms. The molecule has 0 heterocycles. The summed E-state index contributed by atoms with van der Waals surface area (Å²) in [6.45, 7) is 3.99. The van der Waals surface area contributed by atoms with E-state index in [4.69, 9.17) is 11.0 Å². The molecular formula is C11H14N2O. The molecule has 74 valence electrons. The number of hydrogen-bond acceptors (Lipinski definition) is 3. The van der Waals surface area contributed by atoms with Crippen LogP contribution in [0.15, 0.2) is 12.1 Å². The quantitative estimate of drug-likeness (QED) is 0.735. The predicted octanol–water partition coefficient (Wildman–Crippen LogP) is 1.17. The molecule has 3 nitrogen and oxygen atoms in total. The minimum atomic E-state index is -0.679. The molecule has 1 aromatic carbocycles. The summed E-state index contributed by atoms with van der Waals surface area (Å²) in [5, 5.41) is 18.4. The maximum atomic E-state index is 9.53. The Morgan fingerprint density at radius 3 is 2.64 bits per heavy atom. The lowest BCUT2D eigenvalue weighted by Crippen LogP contribution is -2.12. The Hall–Kier alpha value is -1.37. The van der Waals surface area contributed by atoms with Crippen molar-refractivity contribution in [3.8, 4) is 6.07 Å². The van der Waals surface area contributed by atoms with Gasteiger partial charge in [0.05, 0.1) is 17.7 Å². The van der Waals surface area contributed by atoms with Gasteiger partial charge < -0.3 is 10.8 Å². The molecule has 0 radical (unpaired) electrons. The Bertz CT molecular complexity index is 380. The van der Waals surface area contributed by atoms with E-state index in [0.717, 1.165) is 11.1 Å². The van der Waals surface area contributed by atoms with Crippen LogP contribution in [0.5, 0.6) is 0 Å². The van der Waals surface area contributed by atoms with Crippen molar-refractivity contribution in [3.63, 3.8) is 0 Å². The highest BCUT2D eigenvalue weighted by Gasteiger charge is 2.09. The van der Waals surface area contributed by atoms with Crippen LogP contribution in [0.2, 0.25) is 0 Å². The maximum Gasteiger partial charge on any atom is 0.0994 e. The zero-order valence-corrected chi connectivity index (χ0v) is 8.41. The molecule has 1 atom stereocenters. The summed E-state index contributed by atoms with van der Waals surface area (Å²) in [5.41, 5.74) is 8.63. The molecule has 0 aliphatic rings. The normalized spacial score (nSPS) is 12.2. The number of aryl methyl sites for hydroxylation is 1. The molecule has 0 fully saturated rings. The van der Waals surface area contributed by atoms with Crippen LogP contribution < -0.4 is 5.73 Å². The molecule has 0 aliphatic heterocycles. The van der Waals surface area contributed by atoms with Gasteiger partial charge in [0.1, 0.15) is 0 Å². The standard InChI is InChI=1S/C11H14N2O/c1-7-3-9(11(14)6-13)4-10(5-12)8(7)2/h3-4,11,14H,6,13H2,1-2H3. The topological polar surface area (TPSA) is 70.0 Å². The van der Waals surface area contributed by atoms with Gasteiger partial charge in [-0.2, -0.15) is 5.26 Å². The predicted molar refractivity (Wildman–Crippen MR) is 54.6 cm³/mol. The summed E-state index contributed by atoms with van der Waals surface area (Å²) in [6, 6.07) is 5.67. The van der Waals surface area contributed by atoms with Crippen molar-refractivity contribution in [2.45, 2.75) is 20.0 Å². The van der Waals surface area contributed by atoms with Crippen LogP contribution in [0.3, 0.4) is 0 Å². The maximum absolute atomic E-state index is 9.53. The SMILES string of the molecule is Cc1cc(C(O)CN)cc(C#N)c1C. The largest absolute Gasteiger partial charge is 0.387 e. The van der Waals surface area contributed by atoms with Gasteiger partial charge in [-0.25, -0.2) is 0 Å². The number of hydrogen-bond donors (Lipinski definition) is 2. The van der Waals surface area contributed by atoms with Crippen LogP contribution in [0.25, 0.3) is 0 Å². The first kappa shape index (κ1) is 10.7. The van der Waals surface area contributed by atoms with E-state index in [1.807, 2.05) is 19.9 Å². The third-order valence-corrected chi connectivity index (χ3v) is 2.42. The number of rotatable bonds is 2. The van der Waals surface area contributed by atoms with Gasteiger partial charge in [-0.05, 0) is 36.6 Å². The van der Waals surface area contributed by atoms with Gasteiger partial charge >= 0.3 is 0 Å². The Balaban J connectivity index is 3.24. The second-order valence-electron chi connectivity index (χ2n) is 3.37. The average Bonchev–Trinajstić information content (AvgIpc) is 2.20. The fraction of sp³-hybridized carbons (Fsp3) is 0.364. The van der Waals surface area contributed by atoms with E-state index >= 15 is 0 Å². The molecule has 0 saturated heterocycles. The smallest absolute Gasteiger partial charge is 0.0994 e. The third-order valence-electron chi connectivity index (χ3n) is 2.42. The van der Waals surface area contributed by atoms with E-state index in [-0.39, 0.29) is 6.54 Å². The Labute approximate surface area is 83.8 Å². The summed E-state index contributed by atoms with van der Waals surface area (Å²) >= 11 is 0. The molecule has 0 aromatic heterocycles. The van der Waals surface area contributed by atoms with Crippen molar-refractivity contribution < 1.29 is 5.11 Å². The Morgan fingerprint density at radius 1 is 1.50 bits per heavy atom. The van der Waals surface area contributed by atoms with Crippen molar-refractivity contribution in [3.05, 3.63) is 34.4 Å². The molecule has 14 heavy (non-hydrogen) atoms. The summed E-state index contributed by atoms with van der Waals surface area (Å²) in [5.74, 6) is 0. The molecule has 0 spiro atoms. The number of nitrogens with two attached hydrogens (primary N) is 1.